The third-order valence-electron chi connectivity index (χ3n) is 4.08. The van der Waals surface area contributed by atoms with Crippen LogP contribution in [0.3, 0.4) is 0 Å². The lowest BCUT2D eigenvalue weighted by Gasteiger charge is -2.15. The molecular weight excluding hydrogens is 308 g/mol. The van der Waals surface area contributed by atoms with Gasteiger partial charge in [-0.15, -0.1) is 0 Å². The van der Waals surface area contributed by atoms with Crippen LogP contribution in [0, 0.1) is 0 Å². The number of carbonyl (C=O) groups is 3. The highest BCUT2D eigenvalue weighted by Crippen LogP contribution is 2.34. The summed E-state index contributed by atoms with van der Waals surface area (Å²) in [6.45, 7) is 1.85. The van der Waals surface area contributed by atoms with Crippen molar-refractivity contribution < 1.29 is 19.1 Å². The zero-order valence-corrected chi connectivity index (χ0v) is 12.8. The molecule has 0 spiro atoms. The van der Waals surface area contributed by atoms with Gasteiger partial charge in [0.25, 0.3) is 0 Å². The molecule has 0 radical (unpaired) electrons. The van der Waals surface area contributed by atoms with Gasteiger partial charge in [0.1, 0.15) is 5.69 Å². The van der Waals surface area contributed by atoms with E-state index < -0.39 is 11.9 Å². The molecular formula is C18H12N2O4. The third kappa shape index (κ3) is 1.76. The fraction of sp³-hybridized carbons (Fsp3) is 0.111. The van der Waals surface area contributed by atoms with Crippen LogP contribution < -0.4 is 0 Å². The predicted molar refractivity (Wildman–Crippen MR) is 85.5 cm³/mol. The molecule has 0 bridgehead atoms. The average Bonchev–Trinajstić information content (AvgIpc) is 2.95. The zero-order chi connectivity index (χ0) is 16.8. The van der Waals surface area contributed by atoms with Gasteiger partial charge in [-0.1, -0.05) is 18.2 Å². The van der Waals surface area contributed by atoms with E-state index in [0.717, 1.165) is 0 Å². The maximum atomic E-state index is 12.9. The quantitative estimate of drug-likeness (QED) is 0.539. The van der Waals surface area contributed by atoms with Crippen molar-refractivity contribution in [2.24, 2.45) is 0 Å². The van der Waals surface area contributed by atoms with Crippen LogP contribution in [0.5, 0.6) is 0 Å². The van der Waals surface area contributed by atoms with Gasteiger partial charge in [-0.3, -0.25) is 14.6 Å². The van der Waals surface area contributed by atoms with Gasteiger partial charge in [-0.05, 0) is 19.1 Å². The smallest absolute Gasteiger partial charge is 0.419 e. The number of hydrogen-bond donors (Lipinski definition) is 0. The minimum atomic E-state index is -0.677. The number of pyridine rings is 1. The molecule has 0 N–H and O–H groups in total. The molecule has 0 fully saturated rings. The summed E-state index contributed by atoms with van der Waals surface area (Å²) < 4.78 is 6.26. The molecule has 24 heavy (non-hydrogen) atoms. The van der Waals surface area contributed by atoms with Gasteiger partial charge in [0.15, 0.2) is 5.78 Å². The Kier molecular flexibility index (Phi) is 3.06. The molecule has 2 aromatic heterocycles. The first kappa shape index (κ1) is 14.3. The first-order valence-corrected chi connectivity index (χ1v) is 7.49. The molecule has 1 aromatic carbocycles. The molecule has 0 saturated heterocycles. The Hall–Kier alpha value is -3.28. The lowest BCUT2D eigenvalue weighted by molar-refractivity contribution is 0.0971. The number of nitrogens with zero attached hydrogens (tertiary/aromatic N) is 2. The van der Waals surface area contributed by atoms with Crippen molar-refractivity contribution in [3.8, 4) is 0 Å². The number of para-hydroxylation sites is 1. The molecule has 2 heterocycles. The van der Waals surface area contributed by atoms with E-state index in [9.17, 15) is 14.4 Å². The van der Waals surface area contributed by atoms with Crippen LogP contribution in [0.2, 0.25) is 0 Å². The second-order valence-electron chi connectivity index (χ2n) is 5.35. The number of benzene rings is 1. The molecule has 1 aliphatic carbocycles. The van der Waals surface area contributed by atoms with Crippen LogP contribution >= 0.6 is 0 Å². The molecule has 4 rings (SSSR count). The molecule has 0 aliphatic heterocycles. The van der Waals surface area contributed by atoms with E-state index in [1.165, 1.54) is 23.0 Å². The minimum Gasteiger partial charge on any atom is -0.449 e. The van der Waals surface area contributed by atoms with Crippen LogP contribution in [-0.2, 0) is 4.74 Å². The van der Waals surface area contributed by atoms with Crippen molar-refractivity contribution in [1.82, 2.24) is 9.55 Å². The van der Waals surface area contributed by atoms with Crippen LogP contribution in [0.1, 0.15) is 38.9 Å². The molecule has 118 valence electrons. The van der Waals surface area contributed by atoms with Crippen LogP contribution in [0.25, 0.3) is 10.9 Å². The predicted octanol–water partition coefficient (Wildman–Crippen LogP) is 2.82. The van der Waals surface area contributed by atoms with Gasteiger partial charge < -0.3 is 4.74 Å². The average molecular weight is 320 g/mol. The summed E-state index contributed by atoms with van der Waals surface area (Å²) in [6, 6.07) is 8.44. The number of aromatic nitrogens is 2. The number of ether oxygens (including phenoxy) is 1. The monoisotopic (exact) mass is 320 g/mol. The number of rotatable bonds is 1. The van der Waals surface area contributed by atoms with Gasteiger partial charge in [-0.2, -0.15) is 0 Å². The summed E-state index contributed by atoms with van der Waals surface area (Å²) in [4.78, 5) is 42.2. The highest BCUT2D eigenvalue weighted by atomic mass is 16.5. The molecule has 0 unspecified atom stereocenters. The summed E-state index contributed by atoms with van der Waals surface area (Å²) in [5.74, 6) is -0.696. The third-order valence-corrected chi connectivity index (χ3v) is 4.08. The molecule has 0 atom stereocenters. The van der Waals surface area contributed by atoms with E-state index in [-0.39, 0.29) is 29.2 Å². The Morgan fingerprint density at radius 2 is 1.92 bits per heavy atom. The van der Waals surface area contributed by atoms with E-state index in [2.05, 4.69) is 4.98 Å². The van der Waals surface area contributed by atoms with Gasteiger partial charge in [-0.25, -0.2) is 9.36 Å². The summed E-state index contributed by atoms with van der Waals surface area (Å²) in [5.41, 5.74) is 1.25. The lowest BCUT2D eigenvalue weighted by Crippen LogP contribution is -2.26. The number of carbonyl (C=O) groups excluding carboxylic acids is 3. The maximum Gasteiger partial charge on any atom is 0.419 e. The summed E-state index contributed by atoms with van der Waals surface area (Å²) in [7, 11) is 0. The van der Waals surface area contributed by atoms with E-state index in [0.29, 0.717) is 16.5 Å². The Balaban J connectivity index is 2.11. The first-order chi connectivity index (χ1) is 11.6. The van der Waals surface area contributed by atoms with E-state index in [4.69, 9.17) is 4.74 Å². The summed E-state index contributed by atoms with van der Waals surface area (Å²) in [6.07, 6.45) is 2.15. The number of hydrogen-bond acceptors (Lipinski definition) is 5. The second kappa shape index (κ2) is 5.13. The van der Waals surface area contributed by atoms with Crippen molar-refractivity contribution in [2.75, 3.05) is 6.61 Å². The van der Waals surface area contributed by atoms with E-state index in [1.807, 2.05) is 0 Å². The van der Waals surface area contributed by atoms with Crippen molar-refractivity contribution in [3.63, 3.8) is 0 Å². The lowest BCUT2D eigenvalue weighted by atomic mass is 9.88. The normalized spacial score (nSPS) is 12.9. The van der Waals surface area contributed by atoms with E-state index >= 15 is 0 Å². The SMILES string of the molecule is CCOC(=O)n1c2c(c3ccccc31)C(=O)c1ccncc1C2=O. The molecule has 1 aliphatic rings. The Morgan fingerprint density at radius 1 is 1.12 bits per heavy atom. The topological polar surface area (TPSA) is 78.3 Å². The van der Waals surface area contributed by atoms with Crippen LogP contribution in [0.4, 0.5) is 4.79 Å². The van der Waals surface area contributed by atoms with E-state index in [1.54, 1.807) is 31.2 Å². The molecule has 6 nitrogen and oxygen atoms in total. The van der Waals surface area contributed by atoms with Gasteiger partial charge >= 0.3 is 6.09 Å². The Bertz CT molecular complexity index is 1030. The van der Waals surface area contributed by atoms with Crippen molar-refractivity contribution in [1.29, 1.82) is 0 Å². The van der Waals surface area contributed by atoms with Crippen LogP contribution in [-0.4, -0.2) is 33.8 Å². The second-order valence-corrected chi connectivity index (χ2v) is 5.35. The van der Waals surface area contributed by atoms with Crippen molar-refractivity contribution in [3.05, 3.63) is 65.1 Å². The molecule has 3 aromatic rings. The Morgan fingerprint density at radius 3 is 2.71 bits per heavy atom. The highest BCUT2D eigenvalue weighted by Gasteiger charge is 2.37. The fourth-order valence-electron chi connectivity index (χ4n) is 3.10. The highest BCUT2D eigenvalue weighted by molar-refractivity contribution is 6.33. The Labute approximate surface area is 136 Å². The molecule has 6 heteroatoms. The van der Waals surface area contributed by atoms with Crippen molar-refractivity contribution >= 4 is 28.6 Å². The minimum absolute atomic E-state index is 0.0418. The molecule has 0 amide bonds. The molecule has 0 saturated carbocycles. The van der Waals surface area contributed by atoms with Crippen LogP contribution in [0.15, 0.2) is 42.7 Å². The largest absolute Gasteiger partial charge is 0.449 e. The number of fused-ring (bicyclic) bond motifs is 4. The van der Waals surface area contributed by atoms with Gasteiger partial charge in [0.05, 0.1) is 23.3 Å². The summed E-state index contributed by atoms with van der Waals surface area (Å²) in [5, 5.41) is 0.557. The van der Waals surface area contributed by atoms with Gasteiger partial charge in [0, 0.05) is 23.3 Å². The number of ketones is 2. The first-order valence-electron chi connectivity index (χ1n) is 7.49. The fourth-order valence-corrected chi connectivity index (χ4v) is 3.10. The van der Waals surface area contributed by atoms with Gasteiger partial charge in [0.2, 0.25) is 5.78 Å². The standard InChI is InChI=1S/C18H12N2O4/c1-2-24-18(23)20-13-6-4-3-5-11(13)14-15(20)17(22)12-9-19-8-7-10(12)16(14)21/h3-9H,2H2,1H3. The maximum absolute atomic E-state index is 12.9. The summed E-state index contributed by atoms with van der Waals surface area (Å²) >= 11 is 0. The zero-order valence-electron chi connectivity index (χ0n) is 12.8. The van der Waals surface area contributed by atoms with Crippen molar-refractivity contribution in [2.45, 2.75) is 6.92 Å².